The Morgan fingerprint density at radius 3 is 2.76 bits per heavy atom. The summed E-state index contributed by atoms with van der Waals surface area (Å²) in [5.74, 6) is -0.327. The van der Waals surface area contributed by atoms with E-state index in [4.69, 9.17) is 4.74 Å². The lowest BCUT2D eigenvalue weighted by Crippen LogP contribution is -2.40. The number of hydrogen-bond acceptors (Lipinski definition) is 5. The first kappa shape index (κ1) is 19.0. The van der Waals surface area contributed by atoms with Gasteiger partial charge in [-0.1, -0.05) is 25.3 Å². The summed E-state index contributed by atoms with van der Waals surface area (Å²) >= 11 is 0. The van der Waals surface area contributed by atoms with Crippen LogP contribution in [-0.4, -0.2) is 33.7 Å². The summed E-state index contributed by atoms with van der Waals surface area (Å²) in [4.78, 5) is 30.6. The Morgan fingerprint density at radius 1 is 1.21 bits per heavy atom. The van der Waals surface area contributed by atoms with Crippen LogP contribution in [0.2, 0.25) is 0 Å². The van der Waals surface area contributed by atoms with Crippen LogP contribution in [0, 0.1) is 0 Å². The second-order valence-electron chi connectivity index (χ2n) is 7.25. The third kappa shape index (κ3) is 3.55. The largest absolute Gasteiger partial charge is 0.506 e. The van der Waals surface area contributed by atoms with E-state index in [0.29, 0.717) is 16.8 Å². The number of nitrogens with one attached hydrogen (secondary N) is 1. The van der Waals surface area contributed by atoms with Crippen molar-refractivity contribution >= 4 is 16.9 Å². The van der Waals surface area contributed by atoms with Crippen LogP contribution in [0.25, 0.3) is 16.7 Å². The molecule has 3 aromatic rings. The molecule has 2 heterocycles. The van der Waals surface area contributed by atoms with E-state index in [-0.39, 0.29) is 23.0 Å². The third-order valence-corrected chi connectivity index (χ3v) is 5.39. The van der Waals surface area contributed by atoms with E-state index in [0.717, 1.165) is 32.1 Å². The van der Waals surface area contributed by atoms with Gasteiger partial charge in [-0.2, -0.15) is 0 Å². The maximum atomic E-state index is 13.3. The van der Waals surface area contributed by atoms with Crippen molar-refractivity contribution in [2.45, 2.75) is 38.1 Å². The second kappa shape index (κ2) is 7.95. The van der Waals surface area contributed by atoms with Gasteiger partial charge in [0.05, 0.1) is 18.2 Å². The van der Waals surface area contributed by atoms with E-state index in [2.05, 4.69) is 10.3 Å². The first-order valence-electron chi connectivity index (χ1n) is 9.78. The van der Waals surface area contributed by atoms with Crippen molar-refractivity contribution in [1.82, 2.24) is 14.9 Å². The van der Waals surface area contributed by atoms with Crippen LogP contribution in [-0.2, 0) is 0 Å². The molecule has 0 aliphatic heterocycles. The van der Waals surface area contributed by atoms with E-state index < -0.39 is 11.5 Å². The summed E-state index contributed by atoms with van der Waals surface area (Å²) in [5, 5.41) is 14.0. The number of hydrogen-bond donors (Lipinski definition) is 2. The minimum atomic E-state index is -0.615. The molecule has 1 aromatic carbocycles. The predicted molar refractivity (Wildman–Crippen MR) is 110 cm³/mol. The van der Waals surface area contributed by atoms with Crippen LogP contribution in [0.15, 0.2) is 47.4 Å². The molecule has 150 valence electrons. The first-order valence-corrected chi connectivity index (χ1v) is 9.78. The smallest absolute Gasteiger partial charge is 0.273 e. The molecule has 1 fully saturated rings. The highest BCUT2D eigenvalue weighted by Gasteiger charge is 2.26. The molecule has 7 nitrogen and oxygen atoms in total. The molecule has 2 aromatic heterocycles. The standard InChI is InChI=1S/C22H23N3O4/c1-29-16-10-5-9-15(13-16)25-20-17(11-6-12-23-20)19(26)18(22(25)28)21(27)24-14-7-3-2-4-8-14/h5-6,9-14,26H,2-4,7-8H2,1H3,(H,24,27). The van der Waals surface area contributed by atoms with Gasteiger partial charge in [-0.05, 0) is 37.1 Å². The van der Waals surface area contributed by atoms with Crippen molar-refractivity contribution in [3.8, 4) is 17.2 Å². The quantitative estimate of drug-likeness (QED) is 0.710. The fourth-order valence-electron chi connectivity index (χ4n) is 3.90. The number of ether oxygens (including phenoxy) is 1. The number of aromatic hydroxyl groups is 1. The summed E-state index contributed by atoms with van der Waals surface area (Å²) in [7, 11) is 1.54. The number of carbonyl (C=O) groups excluding carboxylic acids is 1. The van der Waals surface area contributed by atoms with Crippen LogP contribution < -0.4 is 15.6 Å². The Bertz CT molecular complexity index is 1120. The third-order valence-electron chi connectivity index (χ3n) is 5.39. The van der Waals surface area contributed by atoms with Gasteiger partial charge in [0.15, 0.2) is 5.65 Å². The van der Waals surface area contributed by atoms with Crippen LogP contribution >= 0.6 is 0 Å². The van der Waals surface area contributed by atoms with Crippen LogP contribution in [0.4, 0.5) is 0 Å². The Labute approximate surface area is 168 Å². The van der Waals surface area contributed by atoms with E-state index in [9.17, 15) is 14.7 Å². The molecule has 0 spiro atoms. The molecule has 0 unspecified atom stereocenters. The lowest BCUT2D eigenvalue weighted by Gasteiger charge is -2.23. The number of rotatable bonds is 4. The predicted octanol–water partition coefficient (Wildman–Crippen LogP) is 3.16. The lowest BCUT2D eigenvalue weighted by molar-refractivity contribution is 0.0923. The van der Waals surface area contributed by atoms with Crippen LogP contribution in [0.3, 0.4) is 0 Å². The number of aromatic nitrogens is 2. The number of amides is 1. The molecule has 0 atom stereocenters. The molecular weight excluding hydrogens is 370 g/mol. The fourth-order valence-corrected chi connectivity index (χ4v) is 3.90. The van der Waals surface area contributed by atoms with E-state index in [1.165, 1.54) is 11.7 Å². The van der Waals surface area contributed by atoms with Gasteiger partial charge in [0.25, 0.3) is 11.5 Å². The van der Waals surface area contributed by atoms with Crippen LogP contribution in [0.1, 0.15) is 42.5 Å². The van der Waals surface area contributed by atoms with Crippen molar-refractivity contribution in [2.75, 3.05) is 7.11 Å². The SMILES string of the molecule is COc1cccc(-n2c(=O)c(C(=O)NC3CCCCC3)c(O)c3cccnc32)c1. The van der Waals surface area contributed by atoms with Crippen molar-refractivity contribution < 1.29 is 14.6 Å². The normalized spacial score (nSPS) is 14.7. The number of nitrogens with zero attached hydrogens (tertiary/aromatic N) is 2. The maximum absolute atomic E-state index is 13.3. The highest BCUT2D eigenvalue weighted by atomic mass is 16.5. The van der Waals surface area contributed by atoms with Crippen molar-refractivity contribution in [3.63, 3.8) is 0 Å². The molecule has 2 N–H and O–H groups in total. The fraction of sp³-hybridized carbons (Fsp3) is 0.318. The Morgan fingerprint density at radius 2 is 2.00 bits per heavy atom. The maximum Gasteiger partial charge on any atom is 0.273 e. The number of pyridine rings is 2. The van der Waals surface area contributed by atoms with Gasteiger partial charge >= 0.3 is 0 Å². The average Bonchev–Trinajstić information content (AvgIpc) is 2.75. The highest BCUT2D eigenvalue weighted by molar-refractivity contribution is 6.02. The summed E-state index contributed by atoms with van der Waals surface area (Å²) < 4.78 is 6.61. The lowest BCUT2D eigenvalue weighted by atomic mass is 9.95. The summed E-state index contributed by atoms with van der Waals surface area (Å²) in [6.07, 6.45) is 6.55. The van der Waals surface area contributed by atoms with Crippen molar-refractivity contribution in [3.05, 3.63) is 58.5 Å². The van der Waals surface area contributed by atoms with E-state index >= 15 is 0 Å². The molecular formula is C22H23N3O4. The van der Waals surface area contributed by atoms with Gasteiger partial charge in [0.2, 0.25) is 0 Å². The zero-order valence-electron chi connectivity index (χ0n) is 16.2. The van der Waals surface area contributed by atoms with Gasteiger partial charge in [0, 0.05) is 18.3 Å². The summed E-state index contributed by atoms with van der Waals surface area (Å²) in [5.41, 5.74) is -0.101. The van der Waals surface area contributed by atoms with E-state index in [1.54, 1.807) is 42.6 Å². The molecule has 7 heteroatoms. The van der Waals surface area contributed by atoms with Crippen molar-refractivity contribution in [2.24, 2.45) is 0 Å². The molecule has 0 radical (unpaired) electrons. The minimum absolute atomic E-state index is 0.0184. The number of carbonyl (C=O) groups is 1. The minimum Gasteiger partial charge on any atom is -0.506 e. The molecule has 0 saturated heterocycles. The molecule has 4 rings (SSSR count). The Hall–Kier alpha value is -3.35. The zero-order chi connectivity index (χ0) is 20.4. The first-order chi connectivity index (χ1) is 14.1. The highest BCUT2D eigenvalue weighted by Crippen LogP contribution is 2.28. The zero-order valence-corrected chi connectivity index (χ0v) is 16.2. The van der Waals surface area contributed by atoms with Gasteiger partial charge in [-0.25, -0.2) is 4.98 Å². The number of benzene rings is 1. The van der Waals surface area contributed by atoms with Crippen LogP contribution in [0.5, 0.6) is 11.5 Å². The van der Waals surface area contributed by atoms with Gasteiger partial charge in [-0.15, -0.1) is 0 Å². The monoisotopic (exact) mass is 393 g/mol. The van der Waals surface area contributed by atoms with Gasteiger partial charge in [-0.3, -0.25) is 14.2 Å². The molecule has 1 amide bonds. The molecule has 1 aliphatic carbocycles. The molecule has 0 bridgehead atoms. The van der Waals surface area contributed by atoms with Gasteiger partial charge in [0.1, 0.15) is 17.1 Å². The topological polar surface area (TPSA) is 93.5 Å². The van der Waals surface area contributed by atoms with Crippen molar-refractivity contribution in [1.29, 1.82) is 0 Å². The molecule has 1 aliphatic rings. The second-order valence-corrected chi connectivity index (χ2v) is 7.25. The average molecular weight is 393 g/mol. The Balaban J connectivity index is 1.89. The van der Waals surface area contributed by atoms with Gasteiger partial charge < -0.3 is 15.2 Å². The molecule has 29 heavy (non-hydrogen) atoms. The number of methoxy groups -OCH3 is 1. The Kier molecular flexibility index (Phi) is 5.20. The molecule has 1 saturated carbocycles. The summed E-state index contributed by atoms with van der Waals surface area (Å²) in [6, 6.07) is 10.3. The summed E-state index contributed by atoms with van der Waals surface area (Å²) in [6.45, 7) is 0. The number of fused-ring (bicyclic) bond motifs is 1. The van der Waals surface area contributed by atoms with E-state index in [1.807, 2.05) is 0 Å².